The maximum Gasteiger partial charge on any atom is 0.225 e. The average molecular weight is 313 g/mol. The van der Waals surface area contributed by atoms with Gasteiger partial charge in [0.1, 0.15) is 0 Å². The van der Waals surface area contributed by atoms with Crippen LogP contribution in [0.2, 0.25) is 0 Å². The first kappa shape index (κ1) is 15.2. The second-order valence-corrected chi connectivity index (χ2v) is 5.43. The molecule has 0 aliphatic carbocycles. The van der Waals surface area contributed by atoms with E-state index in [2.05, 4.69) is 26.6 Å². The molecule has 0 radical (unpaired) electrons. The third-order valence-electron chi connectivity index (χ3n) is 2.76. The van der Waals surface area contributed by atoms with Crippen molar-refractivity contribution in [3.05, 3.63) is 27.7 Å². The van der Waals surface area contributed by atoms with Crippen molar-refractivity contribution >= 4 is 27.5 Å². The third-order valence-corrected chi connectivity index (χ3v) is 4.02. The minimum absolute atomic E-state index is 0.0459. The molecule has 18 heavy (non-hydrogen) atoms. The van der Waals surface area contributed by atoms with Crippen LogP contribution in [-0.4, -0.2) is 18.5 Å². The summed E-state index contributed by atoms with van der Waals surface area (Å²) in [5.74, 6) is 0.0459. The van der Waals surface area contributed by atoms with Gasteiger partial charge in [0.25, 0.3) is 0 Å². The van der Waals surface area contributed by atoms with E-state index < -0.39 is 0 Å². The lowest BCUT2D eigenvalue weighted by molar-refractivity contribution is -0.116. The van der Waals surface area contributed by atoms with Crippen LogP contribution in [0.25, 0.3) is 0 Å². The number of hydrogen-bond donors (Lipinski definition) is 2. The number of aryl methyl sites for hydroxylation is 2. The number of amides is 1. The summed E-state index contributed by atoms with van der Waals surface area (Å²) in [5.41, 5.74) is 3.12. The van der Waals surface area contributed by atoms with Crippen molar-refractivity contribution in [3.63, 3.8) is 0 Å². The molecule has 1 rings (SSSR count). The van der Waals surface area contributed by atoms with E-state index in [9.17, 15) is 4.79 Å². The Morgan fingerprint density at radius 1 is 1.33 bits per heavy atom. The maximum absolute atomic E-state index is 11.8. The van der Waals surface area contributed by atoms with E-state index >= 15 is 0 Å². The fraction of sp³-hybridized carbons (Fsp3) is 0.500. The summed E-state index contributed by atoms with van der Waals surface area (Å²) in [6.07, 6.45) is 0.488. The molecule has 4 heteroatoms. The normalized spacial score (nSPS) is 12.3. The van der Waals surface area contributed by atoms with Gasteiger partial charge in [0.15, 0.2) is 0 Å². The highest BCUT2D eigenvalue weighted by Gasteiger charge is 2.09. The van der Waals surface area contributed by atoms with Gasteiger partial charge in [-0.2, -0.15) is 0 Å². The van der Waals surface area contributed by atoms with E-state index in [1.807, 2.05) is 39.8 Å². The topological polar surface area (TPSA) is 41.1 Å². The van der Waals surface area contributed by atoms with E-state index in [0.717, 1.165) is 27.8 Å². The van der Waals surface area contributed by atoms with E-state index in [4.69, 9.17) is 0 Å². The molecule has 0 spiro atoms. The maximum atomic E-state index is 11.8. The van der Waals surface area contributed by atoms with E-state index in [-0.39, 0.29) is 11.9 Å². The molecule has 1 unspecified atom stereocenters. The molecule has 3 nitrogen and oxygen atoms in total. The third kappa shape index (κ3) is 4.42. The van der Waals surface area contributed by atoms with Crippen LogP contribution in [-0.2, 0) is 4.79 Å². The highest BCUT2D eigenvalue weighted by molar-refractivity contribution is 9.10. The lowest BCUT2D eigenvalue weighted by Crippen LogP contribution is -2.30. The van der Waals surface area contributed by atoms with Crippen LogP contribution >= 0.6 is 15.9 Å². The quantitative estimate of drug-likeness (QED) is 0.875. The Hall–Kier alpha value is -0.870. The van der Waals surface area contributed by atoms with Gasteiger partial charge >= 0.3 is 0 Å². The fourth-order valence-electron chi connectivity index (χ4n) is 1.93. The lowest BCUT2D eigenvalue weighted by Gasteiger charge is -2.13. The number of benzene rings is 1. The van der Waals surface area contributed by atoms with Gasteiger partial charge in [-0.15, -0.1) is 0 Å². The van der Waals surface area contributed by atoms with Gasteiger partial charge in [-0.1, -0.05) is 22.9 Å². The molecule has 1 aromatic carbocycles. The van der Waals surface area contributed by atoms with Crippen molar-refractivity contribution in [2.24, 2.45) is 0 Å². The number of carbonyl (C=O) groups is 1. The molecule has 1 aromatic rings. The van der Waals surface area contributed by atoms with Gasteiger partial charge in [0, 0.05) is 22.6 Å². The zero-order chi connectivity index (χ0) is 13.7. The van der Waals surface area contributed by atoms with E-state index in [1.165, 1.54) is 0 Å². The van der Waals surface area contributed by atoms with Crippen LogP contribution in [0.1, 0.15) is 31.4 Å². The Balaban J connectivity index is 2.65. The summed E-state index contributed by atoms with van der Waals surface area (Å²) >= 11 is 3.52. The monoisotopic (exact) mass is 312 g/mol. The lowest BCUT2D eigenvalue weighted by atomic mass is 10.1. The first-order valence-electron chi connectivity index (χ1n) is 6.24. The second-order valence-electron chi connectivity index (χ2n) is 4.64. The van der Waals surface area contributed by atoms with Gasteiger partial charge in [0.05, 0.1) is 0 Å². The molecule has 0 aromatic heterocycles. The van der Waals surface area contributed by atoms with Gasteiger partial charge in [-0.3, -0.25) is 4.79 Å². The van der Waals surface area contributed by atoms with Crippen molar-refractivity contribution in [2.45, 2.75) is 40.2 Å². The minimum atomic E-state index is 0.0459. The Labute approximate surface area is 117 Å². The van der Waals surface area contributed by atoms with Crippen LogP contribution in [0.15, 0.2) is 16.6 Å². The summed E-state index contributed by atoms with van der Waals surface area (Å²) in [6, 6.07) is 4.16. The summed E-state index contributed by atoms with van der Waals surface area (Å²) in [6.45, 7) is 8.98. The highest BCUT2D eigenvalue weighted by atomic mass is 79.9. The van der Waals surface area contributed by atoms with Crippen molar-refractivity contribution in [2.75, 3.05) is 11.9 Å². The molecule has 0 heterocycles. The van der Waals surface area contributed by atoms with Gasteiger partial charge in [-0.05, 0) is 50.6 Å². The standard InChI is InChI=1S/C14H21BrN2O/c1-5-16-11(4)8-13(18)17-12-6-9(2)14(15)10(3)7-12/h6-7,11,16H,5,8H2,1-4H3,(H,17,18). The molecular weight excluding hydrogens is 292 g/mol. The second kappa shape index (κ2) is 6.90. The Morgan fingerprint density at radius 2 is 1.89 bits per heavy atom. The largest absolute Gasteiger partial charge is 0.326 e. The molecule has 100 valence electrons. The molecule has 0 fully saturated rings. The summed E-state index contributed by atoms with van der Waals surface area (Å²) in [4.78, 5) is 11.8. The molecule has 0 saturated heterocycles. The SMILES string of the molecule is CCNC(C)CC(=O)Nc1cc(C)c(Br)c(C)c1. The van der Waals surface area contributed by atoms with Gasteiger partial charge in [0.2, 0.25) is 5.91 Å². The number of rotatable bonds is 5. The molecule has 0 bridgehead atoms. The van der Waals surface area contributed by atoms with E-state index in [0.29, 0.717) is 6.42 Å². The van der Waals surface area contributed by atoms with Gasteiger partial charge in [-0.25, -0.2) is 0 Å². The predicted molar refractivity (Wildman–Crippen MR) is 80.0 cm³/mol. The zero-order valence-corrected chi connectivity index (χ0v) is 13.0. The fourth-order valence-corrected chi connectivity index (χ4v) is 2.16. The van der Waals surface area contributed by atoms with Crippen molar-refractivity contribution in [3.8, 4) is 0 Å². The summed E-state index contributed by atoms with van der Waals surface area (Å²) in [7, 11) is 0. The predicted octanol–water partition coefficient (Wildman–Crippen LogP) is 3.39. The number of hydrogen-bond acceptors (Lipinski definition) is 2. The molecule has 1 amide bonds. The van der Waals surface area contributed by atoms with Crippen molar-refractivity contribution in [1.82, 2.24) is 5.32 Å². The molecule has 0 aliphatic rings. The van der Waals surface area contributed by atoms with E-state index in [1.54, 1.807) is 0 Å². The van der Waals surface area contributed by atoms with Crippen LogP contribution in [0.3, 0.4) is 0 Å². The molecule has 1 atom stereocenters. The van der Waals surface area contributed by atoms with Crippen molar-refractivity contribution < 1.29 is 4.79 Å². The number of carbonyl (C=O) groups excluding carboxylic acids is 1. The zero-order valence-electron chi connectivity index (χ0n) is 11.4. The molecule has 0 saturated carbocycles. The number of nitrogens with one attached hydrogen (secondary N) is 2. The smallest absolute Gasteiger partial charge is 0.225 e. The highest BCUT2D eigenvalue weighted by Crippen LogP contribution is 2.25. The molecular formula is C14H21BrN2O. The average Bonchev–Trinajstić information content (AvgIpc) is 2.25. The molecule has 0 aliphatic heterocycles. The number of anilines is 1. The first-order chi connectivity index (χ1) is 8.43. The van der Waals surface area contributed by atoms with Crippen LogP contribution in [0, 0.1) is 13.8 Å². The van der Waals surface area contributed by atoms with Crippen LogP contribution in [0.4, 0.5) is 5.69 Å². The first-order valence-corrected chi connectivity index (χ1v) is 7.03. The Bertz CT molecular complexity index is 409. The Kier molecular flexibility index (Phi) is 5.82. The van der Waals surface area contributed by atoms with Crippen LogP contribution in [0.5, 0.6) is 0 Å². The number of halogens is 1. The summed E-state index contributed by atoms with van der Waals surface area (Å²) < 4.78 is 1.10. The van der Waals surface area contributed by atoms with Crippen molar-refractivity contribution in [1.29, 1.82) is 0 Å². The summed E-state index contributed by atoms with van der Waals surface area (Å²) in [5, 5.41) is 6.17. The Morgan fingerprint density at radius 3 is 2.39 bits per heavy atom. The van der Waals surface area contributed by atoms with Gasteiger partial charge < -0.3 is 10.6 Å². The van der Waals surface area contributed by atoms with Crippen LogP contribution < -0.4 is 10.6 Å². The minimum Gasteiger partial charge on any atom is -0.326 e. The molecule has 2 N–H and O–H groups in total.